The SMILES string of the molecule is Cc1nn(Cc2ccc(Br)cc2)c(C)c1NC(=O)c1cc(COc2ccccc2)cs1. The Labute approximate surface area is 193 Å². The molecule has 7 heteroatoms. The molecule has 0 saturated heterocycles. The van der Waals surface area contributed by atoms with Crippen molar-refractivity contribution in [1.29, 1.82) is 0 Å². The van der Waals surface area contributed by atoms with Crippen LogP contribution in [0.5, 0.6) is 5.75 Å². The van der Waals surface area contributed by atoms with Crippen LogP contribution in [0.25, 0.3) is 0 Å². The third kappa shape index (κ3) is 5.24. The fourth-order valence-corrected chi connectivity index (χ4v) is 4.28. The molecule has 0 atom stereocenters. The maximum Gasteiger partial charge on any atom is 0.265 e. The minimum atomic E-state index is -0.134. The van der Waals surface area contributed by atoms with Gasteiger partial charge in [-0.05, 0) is 55.1 Å². The summed E-state index contributed by atoms with van der Waals surface area (Å²) in [4.78, 5) is 13.5. The second-order valence-corrected chi connectivity index (χ2v) is 9.03. The zero-order valence-electron chi connectivity index (χ0n) is 17.3. The molecule has 2 aromatic carbocycles. The normalized spacial score (nSPS) is 10.8. The van der Waals surface area contributed by atoms with Crippen LogP contribution in [-0.4, -0.2) is 15.7 Å². The average molecular weight is 496 g/mol. The molecular formula is C24H22BrN3O2S. The van der Waals surface area contributed by atoms with Crippen LogP contribution < -0.4 is 10.1 Å². The summed E-state index contributed by atoms with van der Waals surface area (Å²) in [6.45, 7) is 4.96. The van der Waals surface area contributed by atoms with Gasteiger partial charge in [0.15, 0.2) is 0 Å². The largest absolute Gasteiger partial charge is 0.489 e. The summed E-state index contributed by atoms with van der Waals surface area (Å²) >= 11 is 4.87. The maximum atomic E-state index is 12.8. The smallest absolute Gasteiger partial charge is 0.265 e. The van der Waals surface area contributed by atoms with Gasteiger partial charge in [-0.15, -0.1) is 11.3 Å². The lowest BCUT2D eigenvalue weighted by molar-refractivity contribution is 0.103. The van der Waals surface area contributed by atoms with Crippen molar-refractivity contribution in [2.24, 2.45) is 0 Å². The summed E-state index contributed by atoms with van der Waals surface area (Å²) in [7, 11) is 0. The van der Waals surface area contributed by atoms with E-state index in [-0.39, 0.29) is 5.91 Å². The summed E-state index contributed by atoms with van der Waals surface area (Å²) < 4.78 is 8.73. The summed E-state index contributed by atoms with van der Waals surface area (Å²) in [5.74, 6) is 0.675. The zero-order valence-corrected chi connectivity index (χ0v) is 19.7. The van der Waals surface area contributed by atoms with Gasteiger partial charge in [-0.1, -0.05) is 46.3 Å². The van der Waals surface area contributed by atoms with Gasteiger partial charge >= 0.3 is 0 Å². The molecule has 2 aromatic heterocycles. The number of para-hydroxylation sites is 1. The number of nitrogens with one attached hydrogen (secondary N) is 1. The van der Waals surface area contributed by atoms with E-state index in [0.29, 0.717) is 18.0 Å². The van der Waals surface area contributed by atoms with Gasteiger partial charge in [0.25, 0.3) is 5.91 Å². The highest BCUT2D eigenvalue weighted by Crippen LogP contribution is 2.24. The number of rotatable bonds is 7. The van der Waals surface area contributed by atoms with Gasteiger partial charge in [-0.3, -0.25) is 9.48 Å². The fraction of sp³-hybridized carbons (Fsp3) is 0.167. The highest BCUT2D eigenvalue weighted by Gasteiger charge is 2.17. The third-order valence-corrected chi connectivity index (χ3v) is 6.40. The van der Waals surface area contributed by atoms with Crippen LogP contribution in [-0.2, 0) is 13.2 Å². The first kappa shape index (κ1) is 21.3. The number of carbonyl (C=O) groups excluding carboxylic acids is 1. The van der Waals surface area contributed by atoms with Crippen molar-refractivity contribution in [3.05, 3.63) is 97.9 Å². The zero-order chi connectivity index (χ0) is 21.8. The van der Waals surface area contributed by atoms with Gasteiger partial charge in [-0.25, -0.2) is 0 Å². The number of aryl methyl sites for hydroxylation is 1. The Morgan fingerprint density at radius 2 is 1.84 bits per heavy atom. The van der Waals surface area contributed by atoms with Crippen molar-refractivity contribution in [3.63, 3.8) is 0 Å². The van der Waals surface area contributed by atoms with Gasteiger partial charge in [0.05, 0.1) is 28.5 Å². The van der Waals surface area contributed by atoms with Crippen LogP contribution in [0.3, 0.4) is 0 Å². The molecule has 0 aliphatic rings. The second-order valence-electron chi connectivity index (χ2n) is 7.20. The first-order valence-electron chi connectivity index (χ1n) is 9.84. The fourth-order valence-electron chi connectivity index (χ4n) is 3.22. The number of ether oxygens (including phenoxy) is 1. The molecule has 0 unspecified atom stereocenters. The summed E-state index contributed by atoms with van der Waals surface area (Å²) in [5.41, 5.74) is 4.61. The van der Waals surface area contributed by atoms with Gasteiger partial charge in [0.1, 0.15) is 12.4 Å². The monoisotopic (exact) mass is 495 g/mol. The van der Waals surface area contributed by atoms with E-state index in [1.54, 1.807) is 0 Å². The highest BCUT2D eigenvalue weighted by molar-refractivity contribution is 9.10. The van der Waals surface area contributed by atoms with E-state index in [1.807, 2.05) is 72.4 Å². The molecule has 0 spiro atoms. The van der Waals surface area contributed by atoms with Gasteiger partial charge in [0.2, 0.25) is 0 Å². The molecule has 1 amide bonds. The predicted molar refractivity (Wildman–Crippen MR) is 128 cm³/mol. The van der Waals surface area contributed by atoms with E-state index in [1.165, 1.54) is 11.3 Å². The Morgan fingerprint density at radius 3 is 2.58 bits per heavy atom. The number of carbonyl (C=O) groups is 1. The Kier molecular flexibility index (Phi) is 6.53. The molecule has 0 aliphatic heterocycles. The van der Waals surface area contributed by atoms with Crippen molar-refractivity contribution >= 4 is 38.9 Å². The van der Waals surface area contributed by atoms with Crippen LogP contribution >= 0.6 is 27.3 Å². The number of amides is 1. The molecule has 0 bridgehead atoms. The number of benzene rings is 2. The predicted octanol–water partition coefficient (Wildman–Crippen LogP) is 6.20. The number of anilines is 1. The molecule has 0 aliphatic carbocycles. The first-order valence-corrected chi connectivity index (χ1v) is 11.5. The van der Waals surface area contributed by atoms with E-state index >= 15 is 0 Å². The summed E-state index contributed by atoms with van der Waals surface area (Å²) in [6.07, 6.45) is 0. The lowest BCUT2D eigenvalue weighted by Gasteiger charge is -2.07. The molecule has 4 aromatic rings. The molecule has 0 saturated carbocycles. The van der Waals surface area contributed by atoms with Crippen molar-refractivity contribution in [2.75, 3.05) is 5.32 Å². The molecule has 5 nitrogen and oxygen atoms in total. The highest BCUT2D eigenvalue weighted by atomic mass is 79.9. The van der Waals surface area contributed by atoms with Crippen molar-refractivity contribution in [2.45, 2.75) is 27.0 Å². The van der Waals surface area contributed by atoms with Crippen LogP contribution in [0.1, 0.15) is 32.2 Å². The number of halogens is 1. The van der Waals surface area contributed by atoms with Crippen LogP contribution in [0.4, 0.5) is 5.69 Å². The summed E-state index contributed by atoms with van der Waals surface area (Å²) in [6, 6.07) is 19.7. The molecule has 2 heterocycles. The maximum absolute atomic E-state index is 12.8. The number of hydrogen-bond acceptors (Lipinski definition) is 4. The van der Waals surface area contributed by atoms with Crippen LogP contribution in [0.15, 0.2) is 70.5 Å². The lowest BCUT2D eigenvalue weighted by atomic mass is 10.2. The molecular weight excluding hydrogens is 474 g/mol. The molecule has 158 valence electrons. The Hall–Kier alpha value is -2.90. The Bertz CT molecular complexity index is 1180. The number of nitrogens with zero attached hydrogens (tertiary/aromatic N) is 2. The van der Waals surface area contributed by atoms with E-state index in [9.17, 15) is 4.79 Å². The van der Waals surface area contributed by atoms with Gasteiger partial charge in [-0.2, -0.15) is 5.10 Å². The second kappa shape index (κ2) is 9.49. The van der Waals surface area contributed by atoms with Crippen LogP contribution in [0, 0.1) is 13.8 Å². The van der Waals surface area contributed by atoms with Crippen LogP contribution in [0.2, 0.25) is 0 Å². The Balaban J connectivity index is 1.42. The standard InChI is InChI=1S/C24H22BrN3O2S/c1-16-23(17(2)28(27-16)13-18-8-10-20(25)11-9-18)26-24(29)22-12-19(15-31-22)14-30-21-6-4-3-5-7-21/h3-12,15H,13-14H2,1-2H3,(H,26,29). The van der Waals surface area contributed by atoms with E-state index in [2.05, 4.69) is 38.5 Å². The number of aromatic nitrogens is 2. The van der Waals surface area contributed by atoms with Gasteiger partial charge < -0.3 is 10.1 Å². The third-order valence-electron chi connectivity index (χ3n) is 4.89. The summed E-state index contributed by atoms with van der Waals surface area (Å²) in [5, 5.41) is 9.61. The molecule has 0 fully saturated rings. The molecule has 4 rings (SSSR count). The number of hydrogen-bond donors (Lipinski definition) is 1. The number of thiophene rings is 1. The average Bonchev–Trinajstić information content (AvgIpc) is 3.35. The minimum Gasteiger partial charge on any atom is -0.489 e. The van der Waals surface area contributed by atoms with E-state index < -0.39 is 0 Å². The van der Waals surface area contributed by atoms with Crippen molar-refractivity contribution in [3.8, 4) is 5.75 Å². The van der Waals surface area contributed by atoms with E-state index in [4.69, 9.17) is 4.74 Å². The Morgan fingerprint density at radius 1 is 1.10 bits per heavy atom. The van der Waals surface area contributed by atoms with E-state index in [0.717, 1.165) is 38.4 Å². The van der Waals surface area contributed by atoms with Gasteiger partial charge in [0, 0.05) is 10.0 Å². The molecule has 1 N–H and O–H groups in total. The van der Waals surface area contributed by atoms with Crippen molar-refractivity contribution in [1.82, 2.24) is 9.78 Å². The molecule has 31 heavy (non-hydrogen) atoms. The molecule has 0 radical (unpaired) electrons. The minimum absolute atomic E-state index is 0.134. The van der Waals surface area contributed by atoms with Crippen molar-refractivity contribution < 1.29 is 9.53 Å². The first-order chi connectivity index (χ1) is 15.0. The quantitative estimate of drug-likeness (QED) is 0.331. The topological polar surface area (TPSA) is 56.2 Å². The lowest BCUT2D eigenvalue weighted by Crippen LogP contribution is -2.12.